The molecule has 2 N–H and O–H groups in total. The van der Waals surface area contributed by atoms with Crippen LogP contribution in [0.25, 0.3) is 0 Å². The van der Waals surface area contributed by atoms with Crippen molar-refractivity contribution in [1.82, 2.24) is 4.57 Å². The molecule has 2 rings (SSSR count). The van der Waals surface area contributed by atoms with E-state index in [1.165, 1.54) is 12.3 Å². The average molecular weight is 315 g/mol. The third-order valence-corrected chi connectivity index (χ3v) is 2.98. The van der Waals surface area contributed by atoms with Crippen LogP contribution < -0.4 is 11.2 Å². The van der Waals surface area contributed by atoms with Crippen molar-refractivity contribution in [3.63, 3.8) is 0 Å². The van der Waals surface area contributed by atoms with E-state index in [1.54, 1.807) is 10.8 Å². The molecule has 0 amide bonds. The first-order chi connectivity index (χ1) is 8.47. The number of halogens is 3. The van der Waals surface area contributed by atoms with E-state index in [1.807, 2.05) is 0 Å². The molecule has 0 saturated carbocycles. The fourth-order valence-electron chi connectivity index (χ4n) is 1.56. The van der Waals surface area contributed by atoms with Gasteiger partial charge in [0.25, 0.3) is 0 Å². The Bertz CT molecular complexity index is 629. The van der Waals surface area contributed by atoms with Crippen LogP contribution in [-0.4, -0.2) is 4.57 Å². The predicted molar refractivity (Wildman–Crippen MR) is 68.3 cm³/mol. The largest absolute Gasteiger partial charge is 0.394 e. The van der Waals surface area contributed by atoms with Crippen LogP contribution in [0.15, 0.2) is 39.9 Å². The first-order valence-electron chi connectivity index (χ1n) is 5.06. The second kappa shape index (κ2) is 4.89. The van der Waals surface area contributed by atoms with E-state index in [0.717, 1.165) is 12.1 Å². The summed E-state index contributed by atoms with van der Waals surface area (Å²) >= 11 is 3.09. The number of benzene rings is 1. The maximum absolute atomic E-state index is 13.0. The van der Waals surface area contributed by atoms with Gasteiger partial charge in [0.2, 0.25) is 5.43 Å². The van der Waals surface area contributed by atoms with Gasteiger partial charge in [0.05, 0.1) is 10.2 Å². The van der Waals surface area contributed by atoms with Crippen LogP contribution >= 0.6 is 15.9 Å². The summed E-state index contributed by atoms with van der Waals surface area (Å²) in [4.78, 5) is 11.4. The molecule has 0 radical (unpaired) electrons. The van der Waals surface area contributed by atoms with Gasteiger partial charge in [-0.1, -0.05) is 6.07 Å². The predicted octanol–water partition coefficient (Wildman–Crippen LogP) is 2.52. The van der Waals surface area contributed by atoms with Crippen LogP contribution in [-0.2, 0) is 6.54 Å². The smallest absolute Gasteiger partial charge is 0.218 e. The molecule has 6 heteroatoms. The molecule has 2 aromatic rings. The highest BCUT2D eigenvalue weighted by Crippen LogP contribution is 2.12. The van der Waals surface area contributed by atoms with E-state index in [0.29, 0.717) is 16.6 Å². The van der Waals surface area contributed by atoms with Gasteiger partial charge < -0.3 is 10.3 Å². The van der Waals surface area contributed by atoms with Gasteiger partial charge >= 0.3 is 0 Å². The van der Waals surface area contributed by atoms with Crippen LogP contribution in [0, 0.1) is 11.6 Å². The second-order valence-electron chi connectivity index (χ2n) is 3.81. The van der Waals surface area contributed by atoms with E-state index in [9.17, 15) is 13.6 Å². The number of anilines is 1. The van der Waals surface area contributed by atoms with E-state index in [2.05, 4.69) is 15.9 Å². The van der Waals surface area contributed by atoms with Crippen molar-refractivity contribution in [2.75, 3.05) is 5.73 Å². The molecule has 0 aliphatic carbocycles. The van der Waals surface area contributed by atoms with Crippen molar-refractivity contribution < 1.29 is 8.78 Å². The quantitative estimate of drug-likeness (QED) is 0.926. The topological polar surface area (TPSA) is 48.0 Å². The first-order valence-corrected chi connectivity index (χ1v) is 5.85. The molecule has 0 aliphatic rings. The molecule has 1 aromatic heterocycles. The summed E-state index contributed by atoms with van der Waals surface area (Å²) in [5.41, 5.74) is 5.90. The molecule has 0 saturated heterocycles. The SMILES string of the molecule is Nc1cn(Cc2ccc(F)c(F)c2)cc(Br)c1=O. The second-order valence-corrected chi connectivity index (χ2v) is 4.67. The number of nitrogens with two attached hydrogens (primary N) is 1. The summed E-state index contributed by atoms with van der Waals surface area (Å²) in [5.74, 6) is -1.79. The van der Waals surface area contributed by atoms with Crippen LogP contribution in [0.3, 0.4) is 0 Å². The van der Waals surface area contributed by atoms with Crippen molar-refractivity contribution >= 4 is 21.6 Å². The molecule has 1 aromatic carbocycles. The molecule has 94 valence electrons. The number of nitrogens with zero attached hydrogens (tertiary/aromatic N) is 1. The van der Waals surface area contributed by atoms with Crippen molar-refractivity contribution in [3.8, 4) is 0 Å². The Kier molecular flexibility index (Phi) is 3.47. The van der Waals surface area contributed by atoms with Gasteiger partial charge in [-0.25, -0.2) is 8.78 Å². The highest BCUT2D eigenvalue weighted by molar-refractivity contribution is 9.10. The third-order valence-electron chi connectivity index (χ3n) is 2.41. The zero-order chi connectivity index (χ0) is 13.3. The van der Waals surface area contributed by atoms with Gasteiger partial charge in [-0.15, -0.1) is 0 Å². The van der Waals surface area contributed by atoms with Gasteiger partial charge in [-0.2, -0.15) is 0 Å². The summed E-state index contributed by atoms with van der Waals surface area (Å²) < 4.78 is 27.7. The summed E-state index contributed by atoms with van der Waals surface area (Å²) in [5, 5.41) is 0. The minimum absolute atomic E-state index is 0.0898. The highest BCUT2D eigenvalue weighted by Gasteiger charge is 2.05. The Balaban J connectivity index is 2.34. The number of hydrogen-bond acceptors (Lipinski definition) is 2. The lowest BCUT2D eigenvalue weighted by Gasteiger charge is -2.08. The maximum atomic E-state index is 13.0. The Morgan fingerprint density at radius 2 is 1.94 bits per heavy atom. The number of hydrogen-bond donors (Lipinski definition) is 1. The Morgan fingerprint density at radius 3 is 2.56 bits per heavy atom. The zero-order valence-electron chi connectivity index (χ0n) is 9.16. The minimum Gasteiger partial charge on any atom is -0.394 e. The average Bonchev–Trinajstić information content (AvgIpc) is 2.31. The van der Waals surface area contributed by atoms with E-state index in [-0.39, 0.29) is 11.1 Å². The number of rotatable bonds is 2. The molecule has 0 fully saturated rings. The molecule has 3 nitrogen and oxygen atoms in total. The Morgan fingerprint density at radius 1 is 1.22 bits per heavy atom. The van der Waals surface area contributed by atoms with Gasteiger partial charge in [-0.05, 0) is 33.6 Å². The molecule has 0 spiro atoms. The van der Waals surface area contributed by atoms with Crippen LogP contribution in [0.2, 0.25) is 0 Å². The third kappa shape index (κ3) is 2.59. The molecule has 18 heavy (non-hydrogen) atoms. The Labute approximate surface area is 110 Å². The molecular weight excluding hydrogens is 306 g/mol. The molecule has 1 heterocycles. The molecule has 0 atom stereocenters. The van der Waals surface area contributed by atoms with Crippen molar-refractivity contribution in [2.24, 2.45) is 0 Å². The zero-order valence-corrected chi connectivity index (χ0v) is 10.7. The van der Waals surface area contributed by atoms with Gasteiger partial charge in [0.15, 0.2) is 11.6 Å². The first kappa shape index (κ1) is 12.8. The van der Waals surface area contributed by atoms with Crippen LogP contribution in [0.1, 0.15) is 5.56 Å². The normalized spacial score (nSPS) is 10.6. The molecule has 0 aliphatic heterocycles. The molecule has 0 unspecified atom stereocenters. The molecule has 0 bridgehead atoms. The standard InChI is InChI=1S/C12H9BrF2N2O/c13-8-5-17(6-11(16)12(8)18)4-7-1-2-9(14)10(15)3-7/h1-3,5-6H,4,16H2. The number of aromatic nitrogens is 1. The van der Waals surface area contributed by atoms with E-state index >= 15 is 0 Å². The lowest BCUT2D eigenvalue weighted by atomic mass is 10.2. The molecular formula is C12H9BrF2N2O. The van der Waals surface area contributed by atoms with Crippen molar-refractivity contribution in [3.05, 3.63) is 62.5 Å². The number of nitrogen functional groups attached to an aromatic ring is 1. The van der Waals surface area contributed by atoms with Gasteiger partial charge in [0.1, 0.15) is 0 Å². The van der Waals surface area contributed by atoms with Crippen LogP contribution in [0.5, 0.6) is 0 Å². The van der Waals surface area contributed by atoms with Crippen molar-refractivity contribution in [2.45, 2.75) is 6.54 Å². The summed E-state index contributed by atoms with van der Waals surface area (Å²) in [6.07, 6.45) is 2.99. The minimum atomic E-state index is -0.902. The summed E-state index contributed by atoms with van der Waals surface area (Å²) in [6, 6.07) is 3.64. The summed E-state index contributed by atoms with van der Waals surface area (Å²) in [6.45, 7) is 0.292. The number of pyridine rings is 1. The summed E-state index contributed by atoms with van der Waals surface area (Å²) in [7, 11) is 0. The van der Waals surface area contributed by atoms with Crippen molar-refractivity contribution in [1.29, 1.82) is 0 Å². The monoisotopic (exact) mass is 314 g/mol. The fraction of sp³-hybridized carbons (Fsp3) is 0.0833. The Hall–Kier alpha value is -1.69. The van der Waals surface area contributed by atoms with E-state index < -0.39 is 11.6 Å². The maximum Gasteiger partial charge on any atom is 0.218 e. The van der Waals surface area contributed by atoms with E-state index in [4.69, 9.17) is 5.73 Å². The highest BCUT2D eigenvalue weighted by atomic mass is 79.9. The fourth-order valence-corrected chi connectivity index (χ4v) is 2.05. The van der Waals surface area contributed by atoms with Gasteiger partial charge in [0, 0.05) is 18.9 Å². The lowest BCUT2D eigenvalue weighted by Crippen LogP contribution is -2.13. The van der Waals surface area contributed by atoms with Gasteiger partial charge in [-0.3, -0.25) is 4.79 Å². The lowest BCUT2D eigenvalue weighted by molar-refractivity contribution is 0.506. The van der Waals surface area contributed by atoms with Crippen LogP contribution in [0.4, 0.5) is 14.5 Å².